The van der Waals surface area contributed by atoms with E-state index in [1.54, 1.807) is 38.3 Å². The van der Waals surface area contributed by atoms with Crippen molar-refractivity contribution in [2.75, 3.05) is 19.0 Å². The largest absolute Gasteiger partial charge is 0.497 e. The normalized spacial score (nSPS) is 11.3. The first-order valence-corrected chi connectivity index (χ1v) is 11.1. The van der Waals surface area contributed by atoms with Crippen LogP contribution in [0.15, 0.2) is 48.5 Å². The third-order valence-electron chi connectivity index (χ3n) is 4.41. The molecule has 0 aliphatic heterocycles. The molecule has 31 heavy (non-hydrogen) atoms. The van der Waals surface area contributed by atoms with Crippen LogP contribution >= 0.6 is 22.6 Å². The first-order valence-electron chi connectivity index (χ1n) is 10.1. The van der Waals surface area contributed by atoms with Crippen LogP contribution in [0.1, 0.15) is 48.6 Å². The smallest absolute Gasteiger partial charge is 0.274 e. The van der Waals surface area contributed by atoms with Crippen LogP contribution < -0.4 is 10.1 Å². The number of nitrogens with one attached hydrogen (secondary N) is 1. The zero-order chi connectivity index (χ0) is 23.0. The van der Waals surface area contributed by atoms with Gasteiger partial charge in [0.1, 0.15) is 11.4 Å². The number of carbonyl (C=O) groups excluding carboxylic acids is 1. The molecule has 3 N–H and O–H groups in total. The molecule has 1 aromatic heterocycles. The maximum absolute atomic E-state index is 13.2. The van der Waals surface area contributed by atoms with Gasteiger partial charge in [0, 0.05) is 21.4 Å². The summed E-state index contributed by atoms with van der Waals surface area (Å²) in [5.41, 5.74) is 2.44. The molecule has 8 heteroatoms. The topological polar surface area (TPSA) is 96.6 Å². The molecular formula is C23H28IN3O4. The number of aromatic nitrogens is 2. The quantitative estimate of drug-likeness (QED) is 0.390. The number of ether oxygens (including phenoxy) is 1. The third-order valence-corrected chi connectivity index (χ3v) is 5.13. The molecule has 0 saturated heterocycles. The summed E-state index contributed by atoms with van der Waals surface area (Å²) >= 11 is 2.19. The highest BCUT2D eigenvalue weighted by Gasteiger charge is 2.26. The van der Waals surface area contributed by atoms with Gasteiger partial charge in [-0.25, -0.2) is 4.68 Å². The highest BCUT2D eigenvalue weighted by Crippen LogP contribution is 2.26. The van der Waals surface area contributed by atoms with Crippen LogP contribution in [0.5, 0.6) is 5.75 Å². The van der Waals surface area contributed by atoms with Gasteiger partial charge in [0.05, 0.1) is 24.6 Å². The number of benzene rings is 2. The molecule has 7 nitrogen and oxygen atoms in total. The summed E-state index contributed by atoms with van der Waals surface area (Å²) in [5, 5.41) is 27.1. The fraction of sp³-hybridized carbons (Fsp3) is 0.304. The van der Waals surface area contributed by atoms with Gasteiger partial charge in [0.15, 0.2) is 0 Å². The second kappa shape index (κ2) is 11.8. The fourth-order valence-electron chi connectivity index (χ4n) is 3.03. The Balaban J connectivity index is 0.00000166. The zero-order valence-electron chi connectivity index (χ0n) is 18.1. The summed E-state index contributed by atoms with van der Waals surface area (Å²) in [4.78, 5) is 13.2. The van der Waals surface area contributed by atoms with Crippen molar-refractivity contribution in [3.63, 3.8) is 0 Å². The van der Waals surface area contributed by atoms with Crippen LogP contribution in [0.25, 0.3) is 5.69 Å². The Morgan fingerprint density at radius 1 is 1.16 bits per heavy atom. The Hall–Kier alpha value is -2.43. The molecule has 0 fully saturated rings. The highest BCUT2D eigenvalue weighted by atomic mass is 127. The summed E-state index contributed by atoms with van der Waals surface area (Å²) in [6, 6.07) is 14.5. The van der Waals surface area contributed by atoms with Crippen molar-refractivity contribution in [3.05, 3.63) is 69.1 Å². The molecule has 1 heterocycles. The van der Waals surface area contributed by atoms with Gasteiger partial charge >= 0.3 is 0 Å². The number of halogens is 1. The Labute approximate surface area is 196 Å². The van der Waals surface area contributed by atoms with Crippen molar-refractivity contribution < 1.29 is 19.7 Å². The molecule has 3 aromatic rings. The van der Waals surface area contributed by atoms with E-state index >= 15 is 0 Å². The van der Waals surface area contributed by atoms with E-state index in [0.717, 1.165) is 3.57 Å². The molecule has 1 unspecified atom stereocenters. The van der Waals surface area contributed by atoms with Crippen molar-refractivity contribution in [3.8, 4) is 11.4 Å². The van der Waals surface area contributed by atoms with Crippen molar-refractivity contribution in [2.45, 2.75) is 33.3 Å². The van der Waals surface area contributed by atoms with Crippen LogP contribution in [-0.4, -0.2) is 39.6 Å². The Morgan fingerprint density at radius 3 is 2.29 bits per heavy atom. The molecule has 166 valence electrons. The maximum Gasteiger partial charge on any atom is 0.274 e. The van der Waals surface area contributed by atoms with Crippen molar-refractivity contribution in [1.82, 2.24) is 9.78 Å². The molecular weight excluding hydrogens is 509 g/mol. The van der Waals surface area contributed by atoms with Crippen LogP contribution in [0.4, 0.5) is 5.69 Å². The lowest BCUT2D eigenvalue weighted by Crippen LogP contribution is -2.19. The minimum atomic E-state index is -0.888. The predicted octanol–water partition coefficient (Wildman–Crippen LogP) is 4.35. The highest BCUT2D eigenvalue weighted by molar-refractivity contribution is 14.1. The van der Waals surface area contributed by atoms with Crippen LogP contribution in [0.3, 0.4) is 0 Å². The number of hydrogen-bond acceptors (Lipinski definition) is 5. The Morgan fingerprint density at radius 2 is 1.77 bits per heavy atom. The molecule has 0 aliphatic rings. The van der Waals surface area contributed by atoms with Gasteiger partial charge in [-0.05, 0) is 84.5 Å². The van der Waals surface area contributed by atoms with E-state index in [-0.39, 0.29) is 24.6 Å². The average molecular weight is 537 g/mol. The average Bonchev–Trinajstić information content (AvgIpc) is 3.17. The molecule has 2 aromatic carbocycles. The summed E-state index contributed by atoms with van der Waals surface area (Å²) in [5.74, 6) is 0.307. The van der Waals surface area contributed by atoms with E-state index in [9.17, 15) is 15.0 Å². The second-order valence-electron chi connectivity index (χ2n) is 6.43. The predicted molar refractivity (Wildman–Crippen MR) is 130 cm³/mol. The van der Waals surface area contributed by atoms with Gasteiger partial charge < -0.3 is 20.3 Å². The molecule has 1 atom stereocenters. The number of aliphatic hydroxyl groups excluding tert-OH is 2. The first-order chi connectivity index (χ1) is 14.9. The summed E-state index contributed by atoms with van der Waals surface area (Å²) in [6.45, 7) is 5.42. The van der Waals surface area contributed by atoms with Crippen LogP contribution in [0.2, 0.25) is 0 Å². The number of nitrogens with zero attached hydrogens (tertiary/aromatic N) is 2. The standard InChI is InChI=1S/C21H22IN3O4.C2H6/c1-13(27)19-18(11-12-26)20(21(28)23-15-5-3-14(22)4-6-15)25(24-19)16-7-9-17(29-2)10-8-16;1-2/h3-10,13,26-27H,11-12H2,1-2H3,(H,23,28);1-2H3. The van der Waals surface area contributed by atoms with Gasteiger partial charge in [-0.1, -0.05) is 13.8 Å². The first kappa shape index (κ1) is 24.8. The zero-order valence-corrected chi connectivity index (χ0v) is 20.3. The number of hydrogen-bond donors (Lipinski definition) is 3. The molecule has 0 aliphatic carbocycles. The number of anilines is 1. The van der Waals surface area contributed by atoms with Crippen molar-refractivity contribution in [1.29, 1.82) is 0 Å². The number of aliphatic hydroxyl groups is 2. The third kappa shape index (κ3) is 6.05. The lowest BCUT2D eigenvalue weighted by molar-refractivity contribution is 0.101. The maximum atomic E-state index is 13.2. The number of methoxy groups -OCH3 is 1. The summed E-state index contributed by atoms with van der Waals surface area (Å²) in [7, 11) is 1.58. The second-order valence-corrected chi connectivity index (χ2v) is 7.68. The lowest BCUT2D eigenvalue weighted by Gasteiger charge is -2.11. The van der Waals surface area contributed by atoms with Gasteiger partial charge in [-0.15, -0.1) is 0 Å². The Kier molecular flexibility index (Phi) is 9.47. The molecule has 0 spiro atoms. The number of amides is 1. The minimum Gasteiger partial charge on any atom is -0.497 e. The van der Waals surface area contributed by atoms with Crippen LogP contribution in [-0.2, 0) is 6.42 Å². The van der Waals surface area contributed by atoms with Gasteiger partial charge in [-0.3, -0.25) is 4.79 Å². The molecule has 0 saturated carbocycles. The van der Waals surface area contributed by atoms with Crippen molar-refractivity contribution >= 4 is 34.2 Å². The van der Waals surface area contributed by atoms with E-state index < -0.39 is 6.10 Å². The molecule has 3 rings (SSSR count). The van der Waals surface area contributed by atoms with E-state index in [1.165, 1.54) is 4.68 Å². The van der Waals surface area contributed by atoms with Gasteiger partial charge in [-0.2, -0.15) is 5.10 Å². The number of carbonyl (C=O) groups is 1. The molecule has 0 radical (unpaired) electrons. The SMILES string of the molecule is CC.COc1ccc(-n2nc(C(C)O)c(CCO)c2C(=O)Nc2ccc(I)cc2)cc1. The van der Waals surface area contributed by atoms with E-state index in [1.807, 2.05) is 38.1 Å². The van der Waals surface area contributed by atoms with Gasteiger partial charge in [0.25, 0.3) is 5.91 Å². The van der Waals surface area contributed by atoms with Crippen molar-refractivity contribution in [2.24, 2.45) is 0 Å². The molecule has 1 amide bonds. The fourth-order valence-corrected chi connectivity index (χ4v) is 3.39. The molecule has 0 bridgehead atoms. The lowest BCUT2D eigenvalue weighted by atomic mass is 10.1. The summed E-state index contributed by atoms with van der Waals surface area (Å²) in [6.07, 6.45) is -0.688. The van der Waals surface area contributed by atoms with Gasteiger partial charge in [0.2, 0.25) is 0 Å². The minimum absolute atomic E-state index is 0.169. The Bertz CT molecular complexity index is 983. The number of rotatable bonds is 7. The monoisotopic (exact) mass is 537 g/mol. The van der Waals surface area contributed by atoms with E-state index in [4.69, 9.17) is 4.74 Å². The summed E-state index contributed by atoms with van der Waals surface area (Å²) < 4.78 is 7.75. The van der Waals surface area contributed by atoms with Crippen LogP contribution in [0, 0.1) is 3.57 Å². The van der Waals surface area contributed by atoms with E-state index in [2.05, 4.69) is 33.0 Å². The van der Waals surface area contributed by atoms with E-state index in [0.29, 0.717) is 28.4 Å².